The normalized spacial score (nSPS) is 10.4. The number of nitrogens with one attached hydrogen (secondary N) is 1. The van der Waals surface area contributed by atoms with Crippen molar-refractivity contribution in [3.05, 3.63) is 84.8 Å². The van der Waals surface area contributed by atoms with Crippen LogP contribution in [0.25, 0.3) is 11.5 Å². The van der Waals surface area contributed by atoms with Gasteiger partial charge in [0.2, 0.25) is 12.3 Å². The van der Waals surface area contributed by atoms with Gasteiger partial charge in [-0.3, -0.25) is 4.79 Å². The van der Waals surface area contributed by atoms with Gasteiger partial charge in [-0.1, -0.05) is 29.8 Å². The second-order valence-electron chi connectivity index (χ2n) is 6.52. The average Bonchev–Trinajstić information content (AvgIpc) is 3.31. The number of benzene rings is 3. The van der Waals surface area contributed by atoms with Crippen LogP contribution >= 0.6 is 0 Å². The Morgan fingerprint density at radius 1 is 0.967 bits per heavy atom. The fraction of sp³-hybridized carbons (Fsp3) is 0.0870. The summed E-state index contributed by atoms with van der Waals surface area (Å²) in [5, 5.41) is 10.3. The molecule has 0 aliphatic heterocycles. The molecule has 150 valence electrons. The first-order valence-corrected chi connectivity index (χ1v) is 9.30. The van der Waals surface area contributed by atoms with E-state index in [0.29, 0.717) is 28.8 Å². The summed E-state index contributed by atoms with van der Waals surface area (Å²) in [6.07, 6.45) is 1.27. The Hall–Kier alpha value is -4.13. The number of hydrogen-bond donors (Lipinski definition) is 1. The average molecular weight is 401 g/mol. The summed E-state index contributed by atoms with van der Waals surface area (Å²) in [4.78, 5) is 12.4. The van der Waals surface area contributed by atoms with Gasteiger partial charge in [-0.05, 0) is 55.5 Å². The van der Waals surface area contributed by atoms with Crippen LogP contribution in [0, 0.1) is 6.92 Å². The molecule has 0 aliphatic carbocycles. The van der Waals surface area contributed by atoms with Crippen LogP contribution in [0.4, 0.5) is 5.69 Å². The number of carbonyl (C=O) groups is 1. The van der Waals surface area contributed by atoms with Crippen molar-refractivity contribution in [2.45, 2.75) is 6.92 Å². The second-order valence-corrected chi connectivity index (χ2v) is 6.52. The molecule has 4 aromatic rings. The molecule has 0 saturated carbocycles. The third kappa shape index (κ3) is 4.82. The number of aromatic nitrogens is 2. The number of ether oxygens (including phenoxy) is 2. The summed E-state index contributed by atoms with van der Waals surface area (Å²) in [6, 6.07) is 22.0. The highest BCUT2D eigenvalue weighted by molar-refractivity contribution is 5.93. The molecule has 0 fully saturated rings. The Balaban J connectivity index is 1.35. The van der Waals surface area contributed by atoms with Gasteiger partial charge < -0.3 is 19.2 Å². The Bertz CT molecular complexity index is 1110. The van der Waals surface area contributed by atoms with Gasteiger partial charge in [0, 0.05) is 5.56 Å². The Morgan fingerprint density at radius 3 is 2.43 bits per heavy atom. The molecule has 1 heterocycles. The SMILES string of the molecule is Cc1ccc(Oc2ccccc2NC(=O)COc2ccc(-c3nnco3)cc2)cc1. The van der Waals surface area contributed by atoms with Crippen molar-refractivity contribution >= 4 is 11.6 Å². The van der Waals surface area contributed by atoms with Crippen molar-refractivity contribution in [2.75, 3.05) is 11.9 Å². The van der Waals surface area contributed by atoms with E-state index in [1.807, 2.05) is 43.3 Å². The van der Waals surface area contributed by atoms with E-state index in [1.54, 1.807) is 36.4 Å². The maximum absolute atomic E-state index is 12.4. The lowest BCUT2D eigenvalue weighted by molar-refractivity contribution is -0.118. The first-order chi connectivity index (χ1) is 14.7. The van der Waals surface area contributed by atoms with Crippen molar-refractivity contribution in [3.63, 3.8) is 0 Å². The van der Waals surface area contributed by atoms with E-state index in [-0.39, 0.29) is 12.5 Å². The number of para-hydroxylation sites is 2. The summed E-state index contributed by atoms with van der Waals surface area (Å²) in [5.74, 6) is 1.93. The van der Waals surface area contributed by atoms with Gasteiger partial charge in [0.1, 0.15) is 11.5 Å². The molecule has 1 N–H and O–H groups in total. The molecule has 1 aromatic heterocycles. The van der Waals surface area contributed by atoms with E-state index < -0.39 is 0 Å². The monoisotopic (exact) mass is 401 g/mol. The first kappa shape index (κ1) is 19.2. The van der Waals surface area contributed by atoms with Crippen LogP contribution in [0.1, 0.15) is 5.56 Å². The number of rotatable bonds is 7. The van der Waals surface area contributed by atoms with Crippen molar-refractivity contribution in [1.82, 2.24) is 10.2 Å². The Kier molecular flexibility index (Phi) is 5.70. The topological polar surface area (TPSA) is 86.5 Å². The molecule has 0 unspecified atom stereocenters. The van der Waals surface area contributed by atoms with Crippen molar-refractivity contribution in [1.29, 1.82) is 0 Å². The summed E-state index contributed by atoms with van der Waals surface area (Å²) >= 11 is 0. The molecule has 0 spiro atoms. The van der Waals surface area contributed by atoms with Crippen LogP contribution in [0.15, 0.2) is 83.6 Å². The molecule has 4 rings (SSSR count). The Morgan fingerprint density at radius 2 is 1.70 bits per heavy atom. The van der Waals surface area contributed by atoms with Crippen LogP contribution in [-0.4, -0.2) is 22.7 Å². The zero-order valence-electron chi connectivity index (χ0n) is 16.2. The zero-order valence-corrected chi connectivity index (χ0v) is 16.2. The van der Waals surface area contributed by atoms with Gasteiger partial charge in [-0.2, -0.15) is 0 Å². The summed E-state index contributed by atoms with van der Waals surface area (Å²) in [6.45, 7) is 1.87. The minimum Gasteiger partial charge on any atom is -0.484 e. The highest BCUT2D eigenvalue weighted by Gasteiger charge is 2.10. The first-order valence-electron chi connectivity index (χ1n) is 9.30. The lowest BCUT2D eigenvalue weighted by Crippen LogP contribution is -2.20. The van der Waals surface area contributed by atoms with Crippen LogP contribution in [0.5, 0.6) is 17.2 Å². The van der Waals surface area contributed by atoms with E-state index in [9.17, 15) is 4.79 Å². The van der Waals surface area contributed by atoms with Gasteiger partial charge in [-0.15, -0.1) is 10.2 Å². The molecular formula is C23H19N3O4. The van der Waals surface area contributed by atoms with Crippen molar-refractivity contribution < 1.29 is 18.7 Å². The summed E-state index contributed by atoms with van der Waals surface area (Å²) in [5.41, 5.74) is 2.48. The number of aryl methyl sites for hydroxylation is 1. The number of nitrogens with zero attached hydrogens (tertiary/aromatic N) is 2. The van der Waals surface area contributed by atoms with Gasteiger partial charge in [-0.25, -0.2) is 0 Å². The van der Waals surface area contributed by atoms with Crippen LogP contribution < -0.4 is 14.8 Å². The number of hydrogen-bond acceptors (Lipinski definition) is 6. The standard InChI is InChI=1S/C23H19N3O4/c1-16-6-10-19(11-7-16)30-21-5-3-2-4-20(21)25-22(27)14-28-18-12-8-17(9-13-18)23-26-24-15-29-23/h2-13,15H,14H2,1H3,(H,25,27). The van der Waals surface area contributed by atoms with Crippen molar-refractivity contribution in [3.8, 4) is 28.7 Å². The van der Waals surface area contributed by atoms with E-state index in [0.717, 1.165) is 11.1 Å². The maximum Gasteiger partial charge on any atom is 0.262 e. The fourth-order valence-corrected chi connectivity index (χ4v) is 2.72. The van der Waals surface area contributed by atoms with E-state index in [2.05, 4.69) is 15.5 Å². The number of carbonyl (C=O) groups excluding carboxylic acids is 1. The van der Waals surface area contributed by atoms with Crippen LogP contribution in [0.3, 0.4) is 0 Å². The maximum atomic E-state index is 12.4. The molecule has 7 nitrogen and oxygen atoms in total. The molecule has 0 atom stereocenters. The Labute approximate surface area is 173 Å². The summed E-state index contributed by atoms with van der Waals surface area (Å²) in [7, 11) is 0. The highest BCUT2D eigenvalue weighted by Crippen LogP contribution is 2.29. The number of anilines is 1. The molecule has 0 radical (unpaired) electrons. The summed E-state index contributed by atoms with van der Waals surface area (Å²) < 4.78 is 16.6. The fourth-order valence-electron chi connectivity index (χ4n) is 2.72. The minimum atomic E-state index is -0.295. The predicted octanol–water partition coefficient (Wildman–Crippen LogP) is 4.85. The smallest absolute Gasteiger partial charge is 0.262 e. The molecule has 0 aliphatic rings. The molecule has 0 bridgehead atoms. The highest BCUT2D eigenvalue weighted by atomic mass is 16.5. The zero-order chi connectivity index (χ0) is 20.8. The minimum absolute atomic E-state index is 0.140. The third-order valence-electron chi connectivity index (χ3n) is 4.24. The van der Waals surface area contributed by atoms with Gasteiger partial charge in [0.25, 0.3) is 5.91 Å². The van der Waals surface area contributed by atoms with Gasteiger partial charge >= 0.3 is 0 Å². The molecule has 3 aromatic carbocycles. The molecule has 7 heteroatoms. The van der Waals surface area contributed by atoms with Crippen LogP contribution in [-0.2, 0) is 4.79 Å². The molecular weight excluding hydrogens is 382 g/mol. The third-order valence-corrected chi connectivity index (χ3v) is 4.24. The van der Waals surface area contributed by atoms with Crippen molar-refractivity contribution in [2.24, 2.45) is 0 Å². The molecule has 0 saturated heterocycles. The van der Waals surface area contributed by atoms with E-state index in [4.69, 9.17) is 13.9 Å². The largest absolute Gasteiger partial charge is 0.484 e. The predicted molar refractivity (Wildman–Crippen MR) is 112 cm³/mol. The lowest BCUT2D eigenvalue weighted by atomic mass is 10.2. The second kappa shape index (κ2) is 8.91. The van der Waals surface area contributed by atoms with Gasteiger partial charge in [0.05, 0.1) is 5.69 Å². The lowest BCUT2D eigenvalue weighted by Gasteiger charge is -2.13. The quantitative estimate of drug-likeness (QED) is 0.476. The number of amides is 1. The van der Waals surface area contributed by atoms with E-state index >= 15 is 0 Å². The van der Waals surface area contributed by atoms with Gasteiger partial charge in [0.15, 0.2) is 12.4 Å². The molecule has 1 amide bonds. The van der Waals surface area contributed by atoms with E-state index in [1.165, 1.54) is 6.39 Å². The van der Waals surface area contributed by atoms with Crippen LogP contribution in [0.2, 0.25) is 0 Å². The molecule has 30 heavy (non-hydrogen) atoms.